The Hall–Kier alpha value is -0.0200. The fraction of sp³-hybridized carbons (Fsp3) is 1.00. The van der Waals surface area contributed by atoms with Gasteiger partial charge in [-0.15, -0.1) is 0 Å². The minimum absolute atomic E-state index is 1.02. The third-order valence-electron chi connectivity index (χ3n) is 1.01. The number of halogens is 3. The topological polar surface area (TPSA) is 43.1 Å². The summed E-state index contributed by atoms with van der Waals surface area (Å²) >= 11 is 0. The van der Waals surface area contributed by atoms with Gasteiger partial charge in [0.25, 0.3) is 0 Å². The summed E-state index contributed by atoms with van der Waals surface area (Å²) in [7, 11) is -3.23. The van der Waals surface area contributed by atoms with Crippen molar-refractivity contribution in [3.63, 3.8) is 0 Å². The van der Waals surface area contributed by atoms with Crippen molar-refractivity contribution in [2.45, 2.75) is 12.0 Å². The van der Waals surface area contributed by atoms with Gasteiger partial charge in [-0.25, -0.2) is 0 Å². The average Bonchev–Trinajstić information content (AvgIpc) is 1.59. The Morgan fingerprint density at radius 2 is 1.70 bits per heavy atom. The van der Waals surface area contributed by atoms with E-state index < -0.39 is 19.1 Å². The molecule has 2 N–H and O–H groups in total. The van der Waals surface area contributed by atoms with E-state index in [4.69, 9.17) is 0 Å². The largest absolute Gasteiger partial charge is 0.410 e. The maximum Gasteiger partial charge on any atom is 0.410 e. The molecule has 0 bridgehead atoms. The Morgan fingerprint density at radius 1 is 1.40 bits per heavy atom. The number of hydrogen-bond donors (Lipinski definition) is 1. The molecule has 0 aliphatic heterocycles. The fourth-order valence-electron chi connectivity index (χ4n) is 0.353. The first kappa shape index (κ1) is 9.98. The van der Waals surface area contributed by atoms with E-state index in [2.05, 4.69) is 5.73 Å². The van der Waals surface area contributed by atoms with Crippen LogP contribution in [0, 0.1) is 0 Å². The molecular formula is C4H9F3NOP. The third-order valence-corrected chi connectivity index (χ3v) is 2.64. The molecule has 0 fully saturated rings. The monoisotopic (exact) mass is 175 g/mol. The second-order valence-electron chi connectivity index (χ2n) is 2.42. The predicted octanol–water partition coefficient (Wildman–Crippen LogP) is 1.46. The van der Waals surface area contributed by atoms with Gasteiger partial charge in [0.15, 0.2) is 5.78 Å². The number of nitrogens with two attached hydrogens (primary N) is 1. The molecule has 2 nitrogen and oxygen atoms in total. The van der Waals surface area contributed by atoms with Crippen LogP contribution >= 0.6 is 7.14 Å². The third kappa shape index (κ3) is 2.71. The molecule has 0 heterocycles. The van der Waals surface area contributed by atoms with Gasteiger partial charge in [0.2, 0.25) is 0 Å². The molecule has 1 atom stereocenters. The van der Waals surface area contributed by atoms with Crippen LogP contribution in [0.25, 0.3) is 0 Å². The lowest BCUT2D eigenvalue weighted by Crippen LogP contribution is -2.36. The van der Waals surface area contributed by atoms with Crippen LogP contribution in [0.3, 0.4) is 0 Å². The summed E-state index contributed by atoms with van der Waals surface area (Å²) in [5.74, 6) is -2.18. The van der Waals surface area contributed by atoms with Crippen LogP contribution in [0.2, 0.25) is 0 Å². The second-order valence-corrected chi connectivity index (χ2v) is 5.85. The maximum absolute atomic E-state index is 11.6. The Balaban J connectivity index is 4.39. The van der Waals surface area contributed by atoms with E-state index in [-0.39, 0.29) is 0 Å². The lowest BCUT2D eigenvalue weighted by Gasteiger charge is -2.18. The van der Waals surface area contributed by atoms with Crippen molar-refractivity contribution in [1.29, 1.82) is 0 Å². The van der Waals surface area contributed by atoms with E-state index in [1.54, 1.807) is 0 Å². The molecule has 0 saturated heterocycles. The molecule has 0 aliphatic rings. The normalized spacial score (nSPS) is 17.0. The molecule has 0 saturated carbocycles. The van der Waals surface area contributed by atoms with Crippen LogP contribution in [0.1, 0.15) is 0 Å². The van der Waals surface area contributed by atoms with Crippen molar-refractivity contribution in [3.05, 3.63) is 0 Å². The highest BCUT2D eigenvalue weighted by Gasteiger charge is 2.43. The van der Waals surface area contributed by atoms with E-state index in [1.807, 2.05) is 0 Å². The van der Waals surface area contributed by atoms with Gasteiger partial charge in [0, 0.05) is 0 Å². The standard InChI is InChI=1S/C4H9F3NOP/c1-10(2,9)3(8)4(5,6)7/h3H,8H2,1-2H3/t3-/m1/s1. The number of hydrogen-bond acceptors (Lipinski definition) is 2. The molecule has 0 rings (SSSR count). The average molecular weight is 175 g/mol. The first-order valence-electron chi connectivity index (χ1n) is 2.52. The molecule has 0 aliphatic carbocycles. The molecule has 10 heavy (non-hydrogen) atoms. The fourth-order valence-corrected chi connectivity index (χ4v) is 1.06. The van der Waals surface area contributed by atoms with E-state index in [0.717, 1.165) is 13.3 Å². The summed E-state index contributed by atoms with van der Waals surface area (Å²) in [6.45, 7) is 2.04. The minimum Gasteiger partial charge on any atom is -0.322 e. The molecular weight excluding hydrogens is 166 g/mol. The zero-order chi connectivity index (χ0) is 8.58. The molecule has 0 aromatic heterocycles. The van der Waals surface area contributed by atoms with Crippen LogP contribution in [-0.2, 0) is 4.57 Å². The summed E-state index contributed by atoms with van der Waals surface area (Å²) < 4.78 is 45.7. The Bertz CT molecular complexity index is 160. The Labute approximate surface area is 57.0 Å². The van der Waals surface area contributed by atoms with Crippen LogP contribution in [0.15, 0.2) is 0 Å². The van der Waals surface area contributed by atoms with Crippen LogP contribution < -0.4 is 5.73 Å². The maximum atomic E-state index is 11.6. The summed E-state index contributed by atoms with van der Waals surface area (Å²) in [6, 6.07) is 0. The Morgan fingerprint density at radius 3 is 1.70 bits per heavy atom. The summed E-state index contributed by atoms with van der Waals surface area (Å²) in [6.07, 6.45) is -4.54. The predicted molar refractivity (Wildman–Crippen MR) is 33.5 cm³/mol. The molecule has 6 heteroatoms. The van der Waals surface area contributed by atoms with Gasteiger partial charge in [0.05, 0.1) is 0 Å². The first-order valence-corrected chi connectivity index (χ1v) is 5.19. The highest BCUT2D eigenvalue weighted by molar-refractivity contribution is 7.63. The van der Waals surface area contributed by atoms with Crippen molar-refractivity contribution in [3.8, 4) is 0 Å². The van der Waals surface area contributed by atoms with Gasteiger partial charge in [-0.3, -0.25) is 0 Å². The summed E-state index contributed by atoms with van der Waals surface area (Å²) in [5, 5.41) is 0. The first-order chi connectivity index (χ1) is 4.15. The number of alkyl halides is 3. The van der Waals surface area contributed by atoms with Gasteiger partial charge in [-0.2, -0.15) is 13.2 Å². The van der Waals surface area contributed by atoms with Crippen molar-refractivity contribution >= 4 is 7.14 Å². The van der Waals surface area contributed by atoms with Gasteiger partial charge in [-0.1, -0.05) is 0 Å². The molecule has 0 spiro atoms. The van der Waals surface area contributed by atoms with Crippen molar-refractivity contribution < 1.29 is 17.7 Å². The van der Waals surface area contributed by atoms with Crippen LogP contribution in [-0.4, -0.2) is 25.3 Å². The van der Waals surface area contributed by atoms with Crippen LogP contribution in [0.4, 0.5) is 13.2 Å². The van der Waals surface area contributed by atoms with E-state index in [9.17, 15) is 17.7 Å². The smallest absolute Gasteiger partial charge is 0.322 e. The van der Waals surface area contributed by atoms with Gasteiger partial charge < -0.3 is 10.3 Å². The van der Waals surface area contributed by atoms with E-state index in [1.165, 1.54) is 0 Å². The highest BCUT2D eigenvalue weighted by Crippen LogP contribution is 2.46. The van der Waals surface area contributed by atoms with Crippen molar-refractivity contribution in [2.75, 3.05) is 13.3 Å². The summed E-state index contributed by atoms with van der Waals surface area (Å²) in [4.78, 5) is 0. The van der Waals surface area contributed by atoms with Crippen molar-refractivity contribution in [2.24, 2.45) is 5.73 Å². The highest BCUT2D eigenvalue weighted by atomic mass is 31.2. The van der Waals surface area contributed by atoms with Crippen molar-refractivity contribution in [1.82, 2.24) is 0 Å². The molecule has 62 valence electrons. The molecule has 0 aromatic carbocycles. The molecule has 0 amide bonds. The van der Waals surface area contributed by atoms with E-state index >= 15 is 0 Å². The molecule has 0 aromatic rings. The second kappa shape index (κ2) is 2.55. The zero-order valence-electron chi connectivity index (χ0n) is 5.64. The molecule has 0 radical (unpaired) electrons. The quantitative estimate of drug-likeness (QED) is 0.613. The lowest BCUT2D eigenvalue weighted by molar-refractivity contribution is -0.129. The van der Waals surface area contributed by atoms with Gasteiger partial charge >= 0.3 is 6.18 Å². The Kier molecular flexibility index (Phi) is 2.54. The van der Waals surface area contributed by atoms with Gasteiger partial charge in [0.1, 0.15) is 7.14 Å². The SMILES string of the molecule is CP(C)(=O)[C@@H](N)C(F)(F)F. The summed E-state index contributed by atoms with van der Waals surface area (Å²) in [5.41, 5.74) is 4.64. The van der Waals surface area contributed by atoms with E-state index in [0.29, 0.717) is 0 Å². The zero-order valence-corrected chi connectivity index (χ0v) is 6.54. The number of rotatable bonds is 1. The minimum atomic E-state index is -4.54. The van der Waals surface area contributed by atoms with Gasteiger partial charge in [-0.05, 0) is 13.3 Å². The lowest BCUT2D eigenvalue weighted by atomic mass is 10.7. The molecule has 0 unspecified atom stereocenters. The van der Waals surface area contributed by atoms with Crippen LogP contribution in [0.5, 0.6) is 0 Å².